The van der Waals surface area contributed by atoms with Gasteiger partial charge in [0, 0.05) is 12.6 Å². The molecule has 2 N–H and O–H groups in total. The van der Waals surface area contributed by atoms with Crippen LogP contribution in [0.2, 0.25) is 0 Å². The Morgan fingerprint density at radius 3 is 2.58 bits per heavy atom. The first-order valence-corrected chi connectivity index (χ1v) is 8.97. The lowest BCUT2D eigenvalue weighted by Gasteiger charge is -2.40. The summed E-state index contributed by atoms with van der Waals surface area (Å²) in [6, 6.07) is 10.7. The van der Waals surface area contributed by atoms with Crippen LogP contribution in [0.1, 0.15) is 46.7 Å². The molecule has 1 aromatic heterocycles. The molecule has 0 atom stereocenters. The van der Waals surface area contributed by atoms with Crippen LogP contribution in [0.5, 0.6) is 0 Å². The summed E-state index contributed by atoms with van der Waals surface area (Å²) < 4.78 is 7.42. The van der Waals surface area contributed by atoms with Gasteiger partial charge in [0.1, 0.15) is 5.69 Å². The molecule has 2 aliphatic rings. The van der Waals surface area contributed by atoms with Crippen molar-refractivity contribution in [3.8, 4) is 5.69 Å². The van der Waals surface area contributed by atoms with Gasteiger partial charge in [-0.25, -0.2) is 4.68 Å². The Labute approximate surface area is 151 Å². The van der Waals surface area contributed by atoms with Crippen molar-refractivity contribution in [1.82, 2.24) is 14.7 Å². The summed E-state index contributed by atoms with van der Waals surface area (Å²) in [6.45, 7) is 1.65. The average Bonchev–Trinajstić information content (AvgIpc) is 3.29. The van der Waals surface area contributed by atoms with Crippen LogP contribution in [-0.4, -0.2) is 51.8 Å². The Morgan fingerprint density at radius 2 is 1.88 bits per heavy atom. The minimum Gasteiger partial charge on any atom is -0.371 e. The van der Waals surface area contributed by atoms with E-state index in [4.69, 9.17) is 10.5 Å². The molecule has 1 aliphatic heterocycles. The van der Waals surface area contributed by atoms with Gasteiger partial charge in [0.25, 0.3) is 11.8 Å². The minimum absolute atomic E-state index is 0.184. The molecule has 2 fully saturated rings. The second-order valence-corrected chi connectivity index (χ2v) is 6.99. The highest BCUT2D eigenvalue weighted by Crippen LogP contribution is 2.36. The molecule has 2 amide bonds. The molecular weight excluding hydrogens is 332 g/mol. The highest BCUT2D eigenvalue weighted by atomic mass is 16.5. The van der Waals surface area contributed by atoms with Gasteiger partial charge < -0.3 is 15.4 Å². The highest BCUT2D eigenvalue weighted by molar-refractivity contribution is 5.97. The Hall–Kier alpha value is -2.67. The zero-order valence-corrected chi connectivity index (χ0v) is 14.6. The third kappa shape index (κ3) is 2.99. The highest BCUT2D eigenvalue weighted by Gasteiger charge is 2.41. The van der Waals surface area contributed by atoms with Gasteiger partial charge in [0.2, 0.25) is 0 Å². The summed E-state index contributed by atoms with van der Waals surface area (Å²) in [7, 11) is 0. The molecule has 0 radical (unpaired) electrons. The van der Waals surface area contributed by atoms with E-state index in [1.165, 1.54) is 10.7 Å². The molecule has 1 aliphatic carbocycles. The second kappa shape index (κ2) is 6.57. The normalized spacial score (nSPS) is 19.0. The number of nitrogens with zero attached hydrogens (tertiary/aromatic N) is 3. The Kier molecular flexibility index (Phi) is 4.24. The molecule has 1 spiro atoms. The molecule has 1 aromatic carbocycles. The maximum atomic E-state index is 13.0. The summed E-state index contributed by atoms with van der Waals surface area (Å²) >= 11 is 0. The van der Waals surface area contributed by atoms with E-state index >= 15 is 0 Å². The molecule has 1 saturated heterocycles. The Bertz CT molecular complexity index is 825. The van der Waals surface area contributed by atoms with E-state index in [0.29, 0.717) is 25.4 Å². The van der Waals surface area contributed by atoms with Crippen molar-refractivity contribution in [2.24, 2.45) is 5.73 Å². The number of benzene rings is 1. The number of primary amides is 1. The smallest absolute Gasteiger partial charge is 0.274 e. The van der Waals surface area contributed by atoms with Crippen LogP contribution in [0.4, 0.5) is 0 Å². The van der Waals surface area contributed by atoms with Gasteiger partial charge in [0.15, 0.2) is 5.69 Å². The number of nitrogens with two attached hydrogens (primary N) is 1. The number of carbonyl (C=O) groups excluding carboxylic acids is 2. The lowest BCUT2D eigenvalue weighted by molar-refractivity contribution is -0.0949. The molecule has 7 heteroatoms. The third-order valence-electron chi connectivity index (χ3n) is 5.23. The monoisotopic (exact) mass is 354 g/mol. The lowest BCUT2D eigenvalue weighted by Crippen LogP contribution is -2.52. The van der Waals surface area contributed by atoms with Gasteiger partial charge in [-0.3, -0.25) is 9.59 Å². The average molecular weight is 354 g/mol. The van der Waals surface area contributed by atoms with Crippen LogP contribution < -0.4 is 5.73 Å². The van der Waals surface area contributed by atoms with Crippen molar-refractivity contribution in [2.45, 2.75) is 31.3 Å². The SMILES string of the molecule is NC(=O)c1cc(C(=O)N2CCOC3(CCCC3)C2)nn1-c1ccccc1. The maximum absolute atomic E-state index is 13.0. The van der Waals surface area contributed by atoms with Crippen molar-refractivity contribution >= 4 is 11.8 Å². The number of hydrogen-bond donors (Lipinski definition) is 1. The summed E-state index contributed by atoms with van der Waals surface area (Å²) in [6.07, 6.45) is 4.25. The van der Waals surface area contributed by atoms with Crippen LogP contribution in [0.25, 0.3) is 5.69 Å². The zero-order valence-electron chi connectivity index (χ0n) is 14.6. The fraction of sp³-hybridized carbons (Fsp3) is 0.421. The predicted octanol–water partition coefficient (Wildman–Crippen LogP) is 1.76. The van der Waals surface area contributed by atoms with E-state index in [1.807, 2.05) is 30.3 Å². The van der Waals surface area contributed by atoms with Gasteiger partial charge in [-0.15, -0.1) is 0 Å². The van der Waals surface area contributed by atoms with Crippen molar-refractivity contribution in [3.63, 3.8) is 0 Å². The number of para-hydroxylation sites is 1. The van der Waals surface area contributed by atoms with Crippen LogP contribution >= 0.6 is 0 Å². The summed E-state index contributed by atoms with van der Waals surface area (Å²) in [4.78, 5) is 26.6. The van der Waals surface area contributed by atoms with Gasteiger partial charge in [-0.05, 0) is 25.0 Å². The maximum Gasteiger partial charge on any atom is 0.274 e. The number of rotatable bonds is 3. The number of amides is 2. The van der Waals surface area contributed by atoms with E-state index in [9.17, 15) is 9.59 Å². The van der Waals surface area contributed by atoms with E-state index in [-0.39, 0.29) is 22.9 Å². The van der Waals surface area contributed by atoms with Crippen LogP contribution in [-0.2, 0) is 4.74 Å². The molecule has 136 valence electrons. The van der Waals surface area contributed by atoms with Crippen molar-refractivity contribution in [2.75, 3.05) is 19.7 Å². The molecular formula is C19H22N4O3. The fourth-order valence-electron chi connectivity index (χ4n) is 3.93. The van der Waals surface area contributed by atoms with E-state index in [2.05, 4.69) is 5.10 Å². The number of ether oxygens (including phenoxy) is 1. The van der Waals surface area contributed by atoms with Gasteiger partial charge in [-0.1, -0.05) is 31.0 Å². The van der Waals surface area contributed by atoms with E-state index in [0.717, 1.165) is 25.7 Å². The molecule has 7 nitrogen and oxygen atoms in total. The topological polar surface area (TPSA) is 90.5 Å². The van der Waals surface area contributed by atoms with Gasteiger partial charge in [0.05, 0.1) is 24.4 Å². The lowest BCUT2D eigenvalue weighted by atomic mass is 9.99. The largest absolute Gasteiger partial charge is 0.371 e. The third-order valence-corrected chi connectivity index (χ3v) is 5.23. The first-order valence-electron chi connectivity index (χ1n) is 8.97. The van der Waals surface area contributed by atoms with Crippen molar-refractivity contribution in [1.29, 1.82) is 0 Å². The van der Waals surface area contributed by atoms with E-state index < -0.39 is 5.91 Å². The predicted molar refractivity (Wildman–Crippen MR) is 95.1 cm³/mol. The van der Waals surface area contributed by atoms with Crippen molar-refractivity contribution < 1.29 is 14.3 Å². The number of carbonyl (C=O) groups is 2. The standard InChI is InChI=1S/C19H22N4O3/c20-17(24)16-12-15(21-23(16)14-6-2-1-3-7-14)18(25)22-10-11-26-19(13-22)8-4-5-9-19/h1-3,6-7,12H,4-5,8-11,13H2,(H2,20,24). The van der Waals surface area contributed by atoms with Gasteiger partial charge in [-0.2, -0.15) is 5.10 Å². The summed E-state index contributed by atoms with van der Waals surface area (Å²) in [5.74, 6) is -0.800. The molecule has 4 rings (SSSR count). The first-order chi connectivity index (χ1) is 12.6. The Balaban J connectivity index is 1.63. The quantitative estimate of drug-likeness (QED) is 0.909. The summed E-state index contributed by atoms with van der Waals surface area (Å²) in [5.41, 5.74) is 6.41. The minimum atomic E-state index is -0.616. The van der Waals surface area contributed by atoms with Crippen LogP contribution in [0, 0.1) is 0 Å². The molecule has 0 bridgehead atoms. The first kappa shape index (κ1) is 16.8. The van der Waals surface area contributed by atoms with Gasteiger partial charge >= 0.3 is 0 Å². The molecule has 26 heavy (non-hydrogen) atoms. The second-order valence-electron chi connectivity index (χ2n) is 6.99. The van der Waals surface area contributed by atoms with Crippen LogP contribution in [0.15, 0.2) is 36.4 Å². The van der Waals surface area contributed by atoms with Crippen LogP contribution in [0.3, 0.4) is 0 Å². The molecule has 2 aromatic rings. The molecule has 2 heterocycles. The number of morpholine rings is 1. The fourth-order valence-corrected chi connectivity index (χ4v) is 3.93. The summed E-state index contributed by atoms with van der Waals surface area (Å²) in [5, 5.41) is 4.38. The number of hydrogen-bond acceptors (Lipinski definition) is 4. The zero-order chi connectivity index (χ0) is 18.1. The molecule has 1 saturated carbocycles. The van der Waals surface area contributed by atoms with Crippen molar-refractivity contribution in [3.05, 3.63) is 47.8 Å². The Morgan fingerprint density at radius 1 is 1.15 bits per heavy atom. The molecule has 0 unspecified atom stereocenters. The van der Waals surface area contributed by atoms with E-state index in [1.54, 1.807) is 4.90 Å². The number of aromatic nitrogens is 2.